The van der Waals surface area contributed by atoms with Crippen LogP contribution in [0, 0.1) is 0 Å². The Morgan fingerprint density at radius 2 is 1.70 bits per heavy atom. The molecule has 0 atom stereocenters. The van der Waals surface area contributed by atoms with Crippen molar-refractivity contribution < 1.29 is 27.8 Å². The SMILES string of the molecule is O=C1OC(F)(CF)OC1=O. The predicted molar refractivity (Wildman–Crippen MR) is 22.0 cm³/mol. The van der Waals surface area contributed by atoms with Crippen molar-refractivity contribution in [3.05, 3.63) is 0 Å². The molecule has 0 aromatic carbocycles. The molecule has 0 amide bonds. The number of halogens is 2. The maximum atomic E-state index is 12.3. The fraction of sp³-hybridized carbons (Fsp3) is 0.500. The molecule has 0 saturated carbocycles. The third kappa shape index (κ3) is 0.916. The number of carbonyl (C=O) groups is 2. The summed E-state index contributed by atoms with van der Waals surface area (Å²) >= 11 is 0. The topological polar surface area (TPSA) is 52.6 Å². The fourth-order valence-corrected chi connectivity index (χ4v) is 0.436. The van der Waals surface area contributed by atoms with Gasteiger partial charge >= 0.3 is 18.0 Å². The van der Waals surface area contributed by atoms with Crippen molar-refractivity contribution in [3.63, 3.8) is 0 Å². The van der Waals surface area contributed by atoms with Crippen LogP contribution in [-0.4, -0.2) is 24.7 Å². The van der Waals surface area contributed by atoms with Crippen LogP contribution in [0.2, 0.25) is 0 Å². The molecule has 0 N–H and O–H groups in total. The average Bonchev–Trinajstić information content (AvgIpc) is 2.10. The first-order chi connectivity index (χ1) is 4.57. The van der Waals surface area contributed by atoms with E-state index in [-0.39, 0.29) is 0 Å². The molecular formula is C4H2F2O4. The van der Waals surface area contributed by atoms with E-state index in [2.05, 4.69) is 9.47 Å². The first kappa shape index (κ1) is 6.91. The molecule has 4 nitrogen and oxygen atoms in total. The highest BCUT2D eigenvalue weighted by atomic mass is 19.2. The third-order valence-electron chi connectivity index (χ3n) is 0.817. The molecular weight excluding hydrogens is 150 g/mol. The molecule has 0 bridgehead atoms. The molecule has 6 heteroatoms. The number of rotatable bonds is 1. The highest BCUT2D eigenvalue weighted by Gasteiger charge is 2.49. The molecule has 10 heavy (non-hydrogen) atoms. The Bertz CT molecular complexity index is 174. The van der Waals surface area contributed by atoms with Crippen molar-refractivity contribution >= 4 is 11.9 Å². The van der Waals surface area contributed by atoms with Gasteiger partial charge in [0.15, 0.2) is 0 Å². The lowest BCUT2D eigenvalue weighted by Crippen LogP contribution is -2.26. The van der Waals surface area contributed by atoms with E-state index in [4.69, 9.17) is 0 Å². The van der Waals surface area contributed by atoms with Crippen LogP contribution >= 0.6 is 0 Å². The van der Waals surface area contributed by atoms with Gasteiger partial charge in [0, 0.05) is 0 Å². The molecule has 1 aliphatic heterocycles. The maximum absolute atomic E-state index is 12.3. The Hall–Kier alpha value is -1.20. The Kier molecular flexibility index (Phi) is 1.31. The maximum Gasteiger partial charge on any atom is 0.442 e. The summed E-state index contributed by atoms with van der Waals surface area (Å²) in [5.74, 6) is -3.03. The molecule has 1 fully saturated rings. The Morgan fingerprint density at radius 1 is 1.30 bits per heavy atom. The van der Waals surface area contributed by atoms with Gasteiger partial charge in [-0.3, -0.25) is 0 Å². The van der Waals surface area contributed by atoms with Gasteiger partial charge in [0.1, 0.15) is 0 Å². The predicted octanol–water partition coefficient (Wildman–Crippen LogP) is -0.321. The van der Waals surface area contributed by atoms with Crippen LogP contribution in [0.4, 0.5) is 8.78 Å². The summed E-state index contributed by atoms with van der Waals surface area (Å²) in [5.41, 5.74) is 0. The van der Waals surface area contributed by atoms with E-state index in [0.717, 1.165) is 0 Å². The van der Waals surface area contributed by atoms with Crippen molar-refractivity contribution in [3.8, 4) is 0 Å². The molecule has 1 heterocycles. The number of carbonyl (C=O) groups excluding carboxylic acids is 2. The van der Waals surface area contributed by atoms with E-state index in [1.54, 1.807) is 0 Å². The summed E-state index contributed by atoms with van der Waals surface area (Å²) in [7, 11) is 0. The minimum atomic E-state index is -3.19. The minimum Gasteiger partial charge on any atom is -0.384 e. The van der Waals surface area contributed by atoms with E-state index >= 15 is 0 Å². The molecule has 0 spiro atoms. The van der Waals surface area contributed by atoms with Crippen LogP contribution in [0.1, 0.15) is 0 Å². The molecule has 56 valence electrons. The van der Waals surface area contributed by atoms with Gasteiger partial charge in [-0.25, -0.2) is 14.0 Å². The Morgan fingerprint density at radius 3 is 1.90 bits per heavy atom. The molecule has 0 aromatic heterocycles. The van der Waals surface area contributed by atoms with Crippen LogP contribution in [0.15, 0.2) is 0 Å². The summed E-state index contributed by atoms with van der Waals surface area (Å²) in [5, 5.41) is 0. The standard InChI is InChI=1S/C4H2F2O4/c5-1-4(6)9-2(7)3(8)10-4/h1H2. The summed E-state index contributed by atoms with van der Waals surface area (Å²) in [4.78, 5) is 20.1. The molecule has 0 aliphatic carbocycles. The quantitative estimate of drug-likeness (QED) is 0.381. The summed E-state index contributed by atoms with van der Waals surface area (Å²) in [6.07, 6.45) is 0. The normalized spacial score (nSPS) is 22.2. The monoisotopic (exact) mass is 152 g/mol. The number of hydrogen-bond donors (Lipinski definition) is 0. The number of hydrogen-bond acceptors (Lipinski definition) is 4. The van der Waals surface area contributed by atoms with E-state index < -0.39 is 24.7 Å². The zero-order valence-electron chi connectivity index (χ0n) is 4.60. The van der Waals surface area contributed by atoms with Crippen molar-refractivity contribution in [2.24, 2.45) is 0 Å². The molecule has 0 unspecified atom stereocenters. The second kappa shape index (κ2) is 1.89. The van der Waals surface area contributed by atoms with Crippen LogP contribution in [0.25, 0.3) is 0 Å². The number of cyclic esters (lactones) is 2. The van der Waals surface area contributed by atoms with E-state index in [9.17, 15) is 18.4 Å². The minimum absolute atomic E-state index is 1.51. The smallest absolute Gasteiger partial charge is 0.384 e. The van der Waals surface area contributed by atoms with Crippen LogP contribution in [0.5, 0.6) is 0 Å². The first-order valence-electron chi connectivity index (χ1n) is 2.28. The second-order valence-electron chi connectivity index (χ2n) is 1.57. The molecule has 1 rings (SSSR count). The van der Waals surface area contributed by atoms with Gasteiger partial charge in [0.05, 0.1) is 0 Å². The van der Waals surface area contributed by atoms with Crippen molar-refractivity contribution in [2.75, 3.05) is 6.67 Å². The zero-order chi connectivity index (χ0) is 7.78. The third-order valence-corrected chi connectivity index (χ3v) is 0.817. The van der Waals surface area contributed by atoms with Gasteiger partial charge in [-0.15, -0.1) is 0 Å². The van der Waals surface area contributed by atoms with Gasteiger partial charge < -0.3 is 9.47 Å². The Balaban J connectivity index is 2.73. The van der Waals surface area contributed by atoms with Crippen LogP contribution in [-0.2, 0) is 19.1 Å². The van der Waals surface area contributed by atoms with Gasteiger partial charge in [-0.1, -0.05) is 0 Å². The molecule has 0 aromatic rings. The summed E-state index contributed by atoms with van der Waals surface area (Å²) in [6.45, 7) is -1.69. The van der Waals surface area contributed by atoms with Gasteiger partial charge in [0.2, 0.25) is 6.67 Å². The van der Waals surface area contributed by atoms with E-state index in [1.165, 1.54) is 0 Å². The van der Waals surface area contributed by atoms with E-state index in [0.29, 0.717) is 0 Å². The lowest BCUT2D eigenvalue weighted by Gasteiger charge is -2.08. The molecule has 1 saturated heterocycles. The molecule has 1 aliphatic rings. The largest absolute Gasteiger partial charge is 0.442 e. The van der Waals surface area contributed by atoms with Crippen molar-refractivity contribution in [1.82, 2.24) is 0 Å². The lowest BCUT2D eigenvalue weighted by atomic mass is 10.7. The highest BCUT2D eigenvalue weighted by molar-refractivity contribution is 6.31. The first-order valence-corrected chi connectivity index (χ1v) is 2.28. The fourth-order valence-electron chi connectivity index (χ4n) is 0.436. The summed E-state index contributed by atoms with van der Waals surface area (Å²) in [6, 6.07) is -3.19. The second-order valence-corrected chi connectivity index (χ2v) is 1.57. The average molecular weight is 152 g/mol. The lowest BCUT2D eigenvalue weighted by molar-refractivity contribution is -0.251. The van der Waals surface area contributed by atoms with Gasteiger partial charge in [-0.05, 0) is 0 Å². The van der Waals surface area contributed by atoms with Crippen molar-refractivity contribution in [2.45, 2.75) is 6.04 Å². The summed E-state index contributed by atoms with van der Waals surface area (Å²) < 4.78 is 30.9. The van der Waals surface area contributed by atoms with Gasteiger partial charge in [-0.2, -0.15) is 4.39 Å². The van der Waals surface area contributed by atoms with E-state index in [1.807, 2.05) is 0 Å². The number of alkyl halides is 2. The van der Waals surface area contributed by atoms with Crippen LogP contribution < -0.4 is 0 Å². The number of esters is 2. The van der Waals surface area contributed by atoms with Gasteiger partial charge in [0.25, 0.3) is 0 Å². The Labute approximate surface area is 53.7 Å². The number of ether oxygens (including phenoxy) is 2. The highest BCUT2D eigenvalue weighted by Crippen LogP contribution is 2.22. The molecule has 0 radical (unpaired) electrons. The van der Waals surface area contributed by atoms with Crippen LogP contribution in [0.3, 0.4) is 0 Å². The van der Waals surface area contributed by atoms with Crippen molar-refractivity contribution in [1.29, 1.82) is 0 Å². The zero-order valence-corrected chi connectivity index (χ0v) is 4.60.